The van der Waals surface area contributed by atoms with Gasteiger partial charge in [-0.15, -0.1) is 0 Å². The molecule has 0 N–H and O–H groups in total. The minimum absolute atomic E-state index is 0.623. The molecule has 0 bridgehead atoms. The Hall–Kier alpha value is -0.940. The summed E-state index contributed by atoms with van der Waals surface area (Å²) in [5.41, 5.74) is 4.62. The summed E-state index contributed by atoms with van der Waals surface area (Å²) >= 11 is 1.38. The number of hydrogen-bond donors (Lipinski definition) is 0. The van der Waals surface area contributed by atoms with E-state index in [1.54, 1.807) is 11.1 Å². The summed E-state index contributed by atoms with van der Waals surface area (Å²) in [6.07, 6.45) is 7.50. The summed E-state index contributed by atoms with van der Waals surface area (Å²) in [5.74, 6) is 1.57. The molecule has 2 heteroatoms. The van der Waals surface area contributed by atoms with Crippen molar-refractivity contribution < 1.29 is 0 Å². The third kappa shape index (κ3) is 3.29. The topological polar surface area (TPSA) is 23.8 Å². The van der Waals surface area contributed by atoms with Crippen LogP contribution in [0.5, 0.6) is 0 Å². The Morgan fingerprint density at radius 2 is 2.06 bits per heavy atom. The van der Waals surface area contributed by atoms with Crippen LogP contribution in [0.4, 0.5) is 0 Å². The molecule has 0 saturated heterocycles. The first-order chi connectivity index (χ1) is 8.85. The van der Waals surface area contributed by atoms with Gasteiger partial charge in [0.15, 0.2) is 0 Å². The Balaban J connectivity index is 2.08. The number of benzene rings is 1. The predicted octanol–water partition coefficient (Wildman–Crippen LogP) is 4.66. The molecular weight excluding hydrogens is 238 g/mol. The second kappa shape index (κ2) is 6.85. The van der Waals surface area contributed by atoms with Gasteiger partial charge >= 0.3 is 0 Å². The Labute approximate surface area is 115 Å². The van der Waals surface area contributed by atoms with Gasteiger partial charge in [0, 0.05) is 5.75 Å². The number of hydrogen-bond acceptors (Lipinski definition) is 2. The summed E-state index contributed by atoms with van der Waals surface area (Å²) in [6, 6.07) is 7.08. The van der Waals surface area contributed by atoms with Crippen LogP contribution in [0.15, 0.2) is 18.2 Å². The fraction of sp³-hybridized carbons (Fsp3) is 0.562. The molecule has 0 radical (unpaired) electrons. The molecule has 96 valence electrons. The van der Waals surface area contributed by atoms with Gasteiger partial charge in [0.25, 0.3) is 0 Å². The molecule has 0 heterocycles. The third-order valence-corrected chi connectivity index (χ3v) is 4.54. The van der Waals surface area contributed by atoms with E-state index < -0.39 is 0 Å². The van der Waals surface area contributed by atoms with Crippen LogP contribution in [0.25, 0.3) is 0 Å². The van der Waals surface area contributed by atoms with Crippen molar-refractivity contribution >= 4 is 11.8 Å². The first-order valence-electron chi connectivity index (χ1n) is 6.97. The highest BCUT2D eigenvalue weighted by Crippen LogP contribution is 2.29. The van der Waals surface area contributed by atoms with E-state index in [0.29, 0.717) is 5.92 Å². The van der Waals surface area contributed by atoms with E-state index >= 15 is 0 Å². The third-order valence-electron chi connectivity index (χ3n) is 3.97. The number of nitriles is 1. The number of nitrogens with zero attached hydrogens (tertiary/aromatic N) is 1. The fourth-order valence-electron chi connectivity index (χ4n) is 2.86. The summed E-state index contributed by atoms with van der Waals surface area (Å²) in [5, 5.41) is 10.8. The molecule has 2 rings (SSSR count). The summed E-state index contributed by atoms with van der Waals surface area (Å²) in [7, 11) is 0. The molecule has 1 aromatic rings. The Kier molecular flexibility index (Phi) is 5.13. The van der Waals surface area contributed by atoms with E-state index in [0.717, 1.165) is 12.2 Å². The van der Waals surface area contributed by atoms with Crippen molar-refractivity contribution in [3.05, 3.63) is 34.9 Å². The average molecular weight is 259 g/mol. The van der Waals surface area contributed by atoms with Gasteiger partial charge in [-0.3, -0.25) is 0 Å². The van der Waals surface area contributed by atoms with Crippen molar-refractivity contribution in [2.75, 3.05) is 5.75 Å². The van der Waals surface area contributed by atoms with Gasteiger partial charge in [-0.05, 0) is 72.9 Å². The van der Waals surface area contributed by atoms with Crippen LogP contribution in [0, 0.1) is 10.7 Å². The maximum Gasteiger partial charge on any atom is 0.133 e. The molecule has 0 saturated carbocycles. The first-order valence-corrected chi connectivity index (χ1v) is 7.96. The minimum atomic E-state index is 0.623. The smallest absolute Gasteiger partial charge is 0.133 e. The van der Waals surface area contributed by atoms with Gasteiger partial charge in [0.1, 0.15) is 5.40 Å². The van der Waals surface area contributed by atoms with E-state index in [4.69, 9.17) is 5.26 Å². The van der Waals surface area contributed by atoms with Crippen LogP contribution < -0.4 is 0 Å². The van der Waals surface area contributed by atoms with Gasteiger partial charge in [0.05, 0.1) is 0 Å². The molecule has 1 nitrogen and oxygen atoms in total. The maximum absolute atomic E-state index is 8.59. The van der Waals surface area contributed by atoms with Gasteiger partial charge in [-0.2, -0.15) is 5.26 Å². The molecule has 1 unspecified atom stereocenters. The van der Waals surface area contributed by atoms with Crippen molar-refractivity contribution in [1.82, 2.24) is 0 Å². The van der Waals surface area contributed by atoms with Crippen LogP contribution in [0.1, 0.15) is 55.2 Å². The highest BCUT2D eigenvalue weighted by Gasteiger charge is 2.14. The largest absolute Gasteiger partial charge is 0.185 e. The standard InChI is InChI=1S/C16H21NS/c1-2-13(9-10-18-12-17)16-8-7-14-5-3-4-6-15(14)11-16/h7-8,11,13H,2-6,9-10H2,1H3. The zero-order valence-corrected chi connectivity index (χ0v) is 11.9. The van der Waals surface area contributed by atoms with Gasteiger partial charge in [0.2, 0.25) is 0 Å². The Morgan fingerprint density at radius 1 is 1.28 bits per heavy atom. The van der Waals surface area contributed by atoms with Crippen molar-refractivity contribution in [2.24, 2.45) is 0 Å². The number of rotatable bonds is 5. The van der Waals surface area contributed by atoms with Crippen LogP contribution in [-0.4, -0.2) is 5.75 Å². The van der Waals surface area contributed by atoms with E-state index in [2.05, 4.69) is 30.5 Å². The van der Waals surface area contributed by atoms with Gasteiger partial charge in [-0.25, -0.2) is 0 Å². The van der Waals surface area contributed by atoms with Crippen molar-refractivity contribution in [3.63, 3.8) is 0 Å². The lowest BCUT2D eigenvalue weighted by atomic mass is 9.86. The van der Waals surface area contributed by atoms with Gasteiger partial charge in [-0.1, -0.05) is 25.1 Å². The maximum atomic E-state index is 8.59. The molecule has 1 aliphatic carbocycles. The van der Waals surface area contributed by atoms with E-state index in [9.17, 15) is 0 Å². The lowest BCUT2D eigenvalue weighted by molar-refractivity contribution is 0.639. The molecule has 0 amide bonds. The van der Waals surface area contributed by atoms with E-state index in [1.165, 1.54) is 49.4 Å². The summed E-state index contributed by atoms with van der Waals surface area (Å²) < 4.78 is 0. The first kappa shape index (κ1) is 13.5. The van der Waals surface area contributed by atoms with Crippen LogP contribution in [0.3, 0.4) is 0 Å². The molecule has 1 atom stereocenters. The lowest BCUT2D eigenvalue weighted by Gasteiger charge is -2.20. The molecule has 1 aromatic carbocycles. The molecule has 18 heavy (non-hydrogen) atoms. The molecule has 0 spiro atoms. The number of aryl methyl sites for hydroxylation is 2. The number of thiocyanates is 1. The second-order valence-corrected chi connectivity index (χ2v) is 5.95. The molecule has 1 aliphatic rings. The quantitative estimate of drug-likeness (QED) is 0.567. The minimum Gasteiger partial charge on any atom is -0.185 e. The van der Waals surface area contributed by atoms with Crippen molar-refractivity contribution in [1.29, 1.82) is 5.26 Å². The van der Waals surface area contributed by atoms with Crippen molar-refractivity contribution in [3.8, 4) is 5.40 Å². The number of fused-ring (bicyclic) bond motifs is 1. The summed E-state index contributed by atoms with van der Waals surface area (Å²) in [6.45, 7) is 2.25. The zero-order chi connectivity index (χ0) is 12.8. The molecular formula is C16H21NS. The highest BCUT2D eigenvalue weighted by atomic mass is 32.2. The summed E-state index contributed by atoms with van der Waals surface area (Å²) in [4.78, 5) is 0. The molecule has 0 fully saturated rings. The Bertz CT molecular complexity index is 433. The lowest BCUT2D eigenvalue weighted by Crippen LogP contribution is -2.06. The highest BCUT2D eigenvalue weighted by molar-refractivity contribution is 8.03. The van der Waals surface area contributed by atoms with E-state index in [1.807, 2.05) is 0 Å². The number of thioether (sulfide) groups is 1. The van der Waals surface area contributed by atoms with Crippen LogP contribution in [-0.2, 0) is 12.8 Å². The van der Waals surface area contributed by atoms with Crippen LogP contribution >= 0.6 is 11.8 Å². The normalized spacial score (nSPS) is 15.8. The van der Waals surface area contributed by atoms with Gasteiger partial charge < -0.3 is 0 Å². The molecule has 0 aliphatic heterocycles. The van der Waals surface area contributed by atoms with E-state index in [-0.39, 0.29) is 0 Å². The van der Waals surface area contributed by atoms with Crippen LogP contribution in [0.2, 0.25) is 0 Å². The average Bonchev–Trinajstić information content (AvgIpc) is 2.43. The second-order valence-electron chi connectivity index (χ2n) is 5.07. The SMILES string of the molecule is CCC(CCSC#N)c1ccc2c(c1)CCCC2. The fourth-order valence-corrected chi connectivity index (χ4v) is 3.35. The monoisotopic (exact) mass is 259 g/mol. The van der Waals surface area contributed by atoms with Crippen molar-refractivity contribution in [2.45, 2.75) is 51.4 Å². The zero-order valence-electron chi connectivity index (χ0n) is 11.1. The predicted molar refractivity (Wildman–Crippen MR) is 78.8 cm³/mol. The molecule has 0 aromatic heterocycles. The Morgan fingerprint density at radius 3 is 2.78 bits per heavy atom.